The van der Waals surface area contributed by atoms with Crippen LogP contribution in [0, 0.1) is 5.82 Å². The Hall–Kier alpha value is -3.66. The van der Waals surface area contributed by atoms with Crippen LogP contribution in [0.2, 0.25) is 5.02 Å². The lowest BCUT2D eigenvalue weighted by molar-refractivity contribution is -0.139. The van der Waals surface area contributed by atoms with Crippen molar-refractivity contribution >= 4 is 23.6 Å². The fraction of sp³-hybridized carbons (Fsp3) is 0.240. The molecule has 2 heterocycles. The highest BCUT2D eigenvalue weighted by molar-refractivity contribution is 6.30. The Kier molecular flexibility index (Phi) is 7.16. The summed E-state index contributed by atoms with van der Waals surface area (Å²) in [5, 5.41) is 5.42. The highest BCUT2D eigenvalue weighted by Gasteiger charge is 2.41. The zero-order valence-electron chi connectivity index (χ0n) is 18.6. The molecule has 0 saturated carbocycles. The van der Waals surface area contributed by atoms with Crippen molar-refractivity contribution in [3.63, 3.8) is 0 Å². The summed E-state index contributed by atoms with van der Waals surface area (Å²) in [6.07, 6.45) is -3.44. The number of hydrogen-bond donors (Lipinski definition) is 2. The summed E-state index contributed by atoms with van der Waals surface area (Å²) in [7, 11) is 0. The Morgan fingerprint density at radius 2 is 1.81 bits per heavy atom. The Morgan fingerprint density at radius 3 is 2.42 bits per heavy atom. The number of hydrogen-bond acceptors (Lipinski definition) is 4. The number of ether oxygens (including phenoxy) is 1. The van der Waals surface area contributed by atoms with E-state index >= 15 is 0 Å². The van der Waals surface area contributed by atoms with Crippen molar-refractivity contribution in [1.82, 2.24) is 15.6 Å². The number of alkyl halides is 3. The Labute approximate surface area is 208 Å². The van der Waals surface area contributed by atoms with Gasteiger partial charge in [-0.3, -0.25) is 4.98 Å². The molecule has 2 N–H and O–H groups in total. The second kappa shape index (κ2) is 10.1. The molecule has 0 aliphatic carbocycles. The molecule has 1 aliphatic rings. The molecule has 2 aromatic carbocycles. The van der Waals surface area contributed by atoms with Crippen molar-refractivity contribution in [3.05, 3.63) is 100 Å². The smallest absolute Gasteiger partial charge is 0.416 e. The van der Waals surface area contributed by atoms with E-state index in [0.29, 0.717) is 11.6 Å². The molecule has 188 valence electrons. The number of nitrogens with zero attached hydrogens (tertiary/aromatic N) is 1. The maximum Gasteiger partial charge on any atom is 0.416 e. The van der Waals surface area contributed by atoms with Crippen molar-refractivity contribution in [1.29, 1.82) is 0 Å². The number of nitrogens with one attached hydrogen (secondary N) is 2. The van der Waals surface area contributed by atoms with Crippen molar-refractivity contribution in [3.8, 4) is 0 Å². The number of esters is 1. The summed E-state index contributed by atoms with van der Waals surface area (Å²) in [6, 6.07) is 11.8. The van der Waals surface area contributed by atoms with Crippen LogP contribution < -0.4 is 10.6 Å². The van der Waals surface area contributed by atoms with Gasteiger partial charge in [0.1, 0.15) is 17.4 Å². The maximum atomic E-state index is 14.6. The van der Waals surface area contributed by atoms with E-state index in [2.05, 4.69) is 15.6 Å². The molecule has 1 aliphatic heterocycles. The molecule has 0 spiro atoms. The SMILES string of the molecule is O=C(NC1CCOC1=O)NC(Cc1ccccc1)(c1cc(F)cc(C(F)(F)F)c1)c1ccc(Cl)cn1. The highest BCUT2D eigenvalue weighted by Crippen LogP contribution is 2.38. The number of carbonyl (C=O) groups is 2. The average Bonchev–Trinajstić information content (AvgIpc) is 3.22. The molecule has 1 fully saturated rings. The fourth-order valence-electron chi connectivity index (χ4n) is 4.07. The average molecular weight is 522 g/mol. The summed E-state index contributed by atoms with van der Waals surface area (Å²) >= 11 is 5.99. The number of halogens is 5. The van der Waals surface area contributed by atoms with Gasteiger partial charge in [0.2, 0.25) is 0 Å². The summed E-state index contributed by atoms with van der Waals surface area (Å²) in [4.78, 5) is 29.3. The zero-order chi connectivity index (χ0) is 25.9. The molecule has 36 heavy (non-hydrogen) atoms. The van der Waals surface area contributed by atoms with Gasteiger partial charge < -0.3 is 15.4 Å². The molecular formula is C25H20ClF4N3O3. The van der Waals surface area contributed by atoms with Gasteiger partial charge in [0.25, 0.3) is 0 Å². The molecule has 2 unspecified atom stereocenters. The number of aromatic nitrogens is 1. The van der Waals surface area contributed by atoms with Crippen LogP contribution in [-0.4, -0.2) is 29.6 Å². The van der Waals surface area contributed by atoms with Gasteiger partial charge in [-0.2, -0.15) is 13.2 Å². The van der Waals surface area contributed by atoms with Crippen LogP contribution in [0.15, 0.2) is 66.9 Å². The molecule has 2 amide bonds. The third-order valence-corrected chi connectivity index (χ3v) is 5.99. The van der Waals surface area contributed by atoms with E-state index in [9.17, 15) is 27.2 Å². The first-order valence-corrected chi connectivity index (χ1v) is 11.2. The van der Waals surface area contributed by atoms with Gasteiger partial charge in [-0.15, -0.1) is 0 Å². The molecule has 0 bridgehead atoms. The van der Waals surface area contributed by atoms with Crippen molar-refractivity contribution in [2.24, 2.45) is 0 Å². The van der Waals surface area contributed by atoms with Gasteiger partial charge in [0, 0.05) is 19.0 Å². The van der Waals surface area contributed by atoms with E-state index in [4.69, 9.17) is 16.3 Å². The van der Waals surface area contributed by atoms with E-state index < -0.39 is 41.1 Å². The van der Waals surface area contributed by atoms with E-state index in [1.54, 1.807) is 30.3 Å². The first-order chi connectivity index (χ1) is 17.1. The van der Waals surface area contributed by atoms with Crippen molar-refractivity contribution < 1.29 is 31.9 Å². The third-order valence-electron chi connectivity index (χ3n) is 5.76. The minimum Gasteiger partial charge on any atom is -0.464 e. The Bertz CT molecular complexity index is 1260. The Balaban J connectivity index is 1.89. The number of benzene rings is 2. The minimum atomic E-state index is -4.85. The standard InChI is InChI=1S/C25H20ClF4N3O3/c26-18-6-7-21(31-14-18)24(13-15-4-2-1-3-5-15,33-23(35)32-20-8-9-36-22(20)34)16-10-17(25(28,29)30)12-19(27)11-16/h1-7,10-12,14,20H,8-9,13H2,(H2,32,33,35). The van der Waals surface area contributed by atoms with Crippen LogP contribution in [0.5, 0.6) is 0 Å². The normalized spacial score (nSPS) is 17.2. The Morgan fingerprint density at radius 1 is 1.08 bits per heavy atom. The van der Waals surface area contributed by atoms with Crippen LogP contribution in [0.3, 0.4) is 0 Å². The summed E-state index contributed by atoms with van der Waals surface area (Å²) in [6.45, 7) is 0.122. The molecular weight excluding hydrogens is 502 g/mol. The zero-order valence-corrected chi connectivity index (χ0v) is 19.4. The number of pyridine rings is 1. The molecule has 1 aromatic heterocycles. The number of carbonyl (C=O) groups excluding carboxylic acids is 2. The predicted molar refractivity (Wildman–Crippen MR) is 123 cm³/mol. The first kappa shape index (κ1) is 25.4. The van der Waals surface area contributed by atoms with Gasteiger partial charge in [-0.05, 0) is 41.5 Å². The monoisotopic (exact) mass is 521 g/mol. The quantitative estimate of drug-likeness (QED) is 0.354. The van der Waals surface area contributed by atoms with Crippen molar-refractivity contribution in [2.45, 2.75) is 30.6 Å². The third kappa shape index (κ3) is 5.59. The number of amides is 2. The summed E-state index contributed by atoms with van der Waals surface area (Å²) < 4.78 is 60.4. The fourth-order valence-corrected chi connectivity index (χ4v) is 4.18. The van der Waals surface area contributed by atoms with Gasteiger partial charge >= 0.3 is 18.2 Å². The van der Waals surface area contributed by atoms with Gasteiger partial charge in [0.05, 0.1) is 22.9 Å². The van der Waals surface area contributed by atoms with Crippen LogP contribution in [0.4, 0.5) is 22.4 Å². The van der Waals surface area contributed by atoms with Crippen LogP contribution in [0.1, 0.15) is 28.8 Å². The maximum absolute atomic E-state index is 14.6. The summed E-state index contributed by atoms with van der Waals surface area (Å²) in [5.41, 5.74) is -2.48. The topological polar surface area (TPSA) is 80.3 Å². The summed E-state index contributed by atoms with van der Waals surface area (Å²) in [5.74, 6) is -1.78. The van der Waals surface area contributed by atoms with Gasteiger partial charge in [-0.25, -0.2) is 14.0 Å². The second-order valence-corrected chi connectivity index (χ2v) is 8.70. The van der Waals surface area contributed by atoms with Crippen LogP contribution in [-0.2, 0) is 27.7 Å². The lowest BCUT2D eigenvalue weighted by Gasteiger charge is -2.36. The molecule has 4 rings (SSSR count). The van der Waals surface area contributed by atoms with E-state index in [1.807, 2.05) is 0 Å². The van der Waals surface area contributed by atoms with E-state index in [0.717, 1.165) is 12.1 Å². The van der Waals surface area contributed by atoms with E-state index in [-0.39, 0.29) is 35.7 Å². The largest absolute Gasteiger partial charge is 0.464 e. The molecule has 3 aromatic rings. The second-order valence-electron chi connectivity index (χ2n) is 8.26. The molecule has 1 saturated heterocycles. The number of rotatable bonds is 6. The number of cyclic esters (lactones) is 1. The molecule has 2 atom stereocenters. The predicted octanol–water partition coefficient (Wildman–Crippen LogP) is 4.99. The number of urea groups is 1. The minimum absolute atomic E-state index is 0.0915. The van der Waals surface area contributed by atoms with E-state index in [1.165, 1.54) is 18.3 Å². The lowest BCUT2D eigenvalue weighted by atomic mass is 9.79. The highest BCUT2D eigenvalue weighted by atomic mass is 35.5. The van der Waals surface area contributed by atoms with Crippen LogP contribution >= 0.6 is 11.6 Å². The molecule has 11 heteroatoms. The van der Waals surface area contributed by atoms with Crippen LogP contribution in [0.25, 0.3) is 0 Å². The molecule has 0 radical (unpaired) electrons. The molecule has 6 nitrogen and oxygen atoms in total. The first-order valence-electron chi connectivity index (χ1n) is 10.9. The van der Waals surface area contributed by atoms with Gasteiger partial charge in [-0.1, -0.05) is 41.9 Å². The lowest BCUT2D eigenvalue weighted by Crippen LogP contribution is -2.55. The van der Waals surface area contributed by atoms with Gasteiger partial charge in [0.15, 0.2) is 0 Å². The van der Waals surface area contributed by atoms with Crippen molar-refractivity contribution in [2.75, 3.05) is 6.61 Å².